The van der Waals surface area contributed by atoms with Crippen molar-refractivity contribution >= 4 is 64.4 Å². The standard InChI is InChI=1S/C54H63NO6P2SSi/c1-52(2,3)65(8,9)61-49-38-40-36-37-54(49,53(40,4)5)39-64(57,58)55-62(41-24-14-10-15-25-41,42-26-16-11-17-27-42)47-34-22-32-45(59-6)50(47)51-46(60-7)33-23-35-48(51)63(56,43-28-18-12-19-29-43)44-30-20-13-21-31-44/h10-35,40,49H,36-39H2,1-9H3/t40-,49-,54-/m1/s1. The largest absolute Gasteiger partial charge is 0.496 e. The molecular weight excluding hydrogens is 881 g/mol. The van der Waals surface area contributed by atoms with Gasteiger partial charge >= 0.3 is 0 Å². The zero-order chi connectivity index (χ0) is 46.5. The van der Waals surface area contributed by atoms with Crippen molar-refractivity contribution < 1.29 is 26.9 Å². The lowest BCUT2D eigenvalue weighted by molar-refractivity contribution is 0.0237. The average Bonchev–Trinajstić information content (AvgIpc) is 3.65. The quantitative estimate of drug-likeness (QED) is 0.0798. The van der Waals surface area contributed by atoms with Crippen LogP contribution in [0.1, 0.15) is 53.9 Å². The van der Waals surface area contributed by atoms with E-state index in [1.165, 1.54) is 0 Å². The van der Waals surface area contributed by atoms with Crippen LogP contribution < -0.4 is 41.3 Å². The van der Waals surface area contributed by atoms with Crippen LogP contribution in [0.3, 0.4) is 0 Å². The first-order valence-electron chi connectivity index (χ1n) is 22.6. The highest BCUT2D eigenvalue weighted by molar-refractivity contribution is 7.99. The van der Waals surface area contributed by atoms with Crippen LogP contribution in [-0.2, 0) is 19.0 Å². The van der Waals surface area contributed by atoms with Gasteiger partial charge in [-0.05, 0) is 66.9 Å². The number of ether oxygens (including phenoxy) is 2. The van der Waals surface area contributed by atoms with Gasteiger partial charge in [0.15, 0.2) is 15.5 Å². The average molecular weight is 944 g/mol. The third-order valence-corrected chi connectivity index (χ3v) is 28.8. The smallest absolute Gasteiger partial charge is 0.253 e. The van der Waals surface area contributed by atoms with E-state index in [0.717, 1.165) is 29.9 Å². The van der Waals surface area contributed by atoms with Crippen molar-refractivity contribution in [3.63, 3.8) is 0 Å². The fourth-order valence-electron chi connectivity index (χ4n) is 10.5. The minimum absolute atomic E-state index is 0.0458. The maximum absolute atomic E-state index is 16.5. The van der Waals surface area contributed by atoms with Gasteiger partial charge in [-0.25, -0.2) is 8.42 Å². The fourth-order valence-corrected chi connectivity index (χ4v) is 21.9. The van der Waals surface area contributed by atoms with E-state index in [-0.39, 0.29) is 22.3 Å². The summed E-state index contributed by atoms with van der Waals surface area (Å²) in [6.07, 6.45) is 2.34. The highest BCUT2D eigenvalue weighted by Gasteiger charge is 2.67. The summed E-state index contributed by atoms with van der Waals surface area (Å²) < 4.78 is 73.8. The Bertz CT molecular complexity index is 2800. The molecule has 0 heterocycles. The van der Waals surface area contributed by atoms with Gasteiger partial charge in [0, 0.05) is 48.4 Å². The van der Waals surface area contributed by atoms with Crippen LogP contribution in [0, 0.1) is 16.7 Å². The predicted molar refractivity (Wildman–Crippen MR) is 275 cm³/mol. The van der Waals surface area contributed by atoms with Crippen LogP contribution in [0.25, 0.3) is 11.1 Å². The normalized spacial score (nSPS) is 19.8. The Morgan fingerprint density at radius 3 is 1.51 bits per heavy atom. The van der Waals surface area contributed by atoms with Gasteiger partial charge < -0.3 is 18.5 Å². The van der Waals surface area contributed by atoms with Crippen molar-refractivity contribution in [2.45, 2.75) is 78.1 Å². The highest BCUT2D eigenvalue weighted by atomic mass is 32.2. The first-order valence-corrected chi connectivity index (χ1v) is 30.5. The van der Waals surface area contributed by atoms with Crippen molar-refractivity contribution in [3.05, 3.63) is 158 Å². The SMILES string of the molecule is COc1cccc(P(=O)(c2ccccc2)c2ccccc2)c1-c1c(OC)cccc1P(=NS(=O)(=O)C[C@]12CC[C@H](C[C@H]1O[Si](C)(C)C(C)(C)C)C2(C)C)(c1ccccc1)c1ccccc1. The Balaban J connectivity index is 1.47. The van der Waals surface area contributed by atoms with Crippen LogP contribution in [-0.4, -0.2) is 42.8 Å². The van der Waals surface area contributed by atoms with Gasteiger partial charge in [-0.1, -0.05) is 174 Å². The molecule has 0 unspecified atom stereocenters. The molecule has 6 aromatic rings. The summed E-state index contributed by atoms with van der Waals surface area (Å²) in [5, 5.41) is 3.97. The van der Waals surface area contributed by atoms with Crippen LogP contribution in [0.2, 0.25) is 18.1 Å². The van der Waals surface area contributed by atoms with E-state index in [0.29, 0.717) is 49.8 Å². The lowest BCUT2D eigenvalue weighted by Crippen LogP contribution is -2.52. The van der Waals surface area contributed by atoms with Crippen LogP contribution in [0.5, 0.6) is 11.5 Å². The molecule has 2 fully saturated rings. The molecule has 0 saturated heterocycles. The van der Waals surface area contributed by atoms with Crippen molar-refractivity contribution in [1.82, 2.24) is 0 Å². The highest BCUT2D eigenvalue weighted by Crippen LogP contribution is 2.68. The first kappa shape index (κ1) is 47.0. The molecule has 0 spiro atoms. The second-order valence-corrected chi connectivity index (χ2v) is 32.2. The van der Waals surface area contributed by atoms with E-state index >= 15 is 13.0 Å². The zero-order valence-corrected chi connectivity index (χ0v) is 42.8. The number of benzene rings is 6. The molecule has 0 N–H and O–H groups in total. The molecule has 6 aromatic carbocycles. The molecule has 8 rings (SSSR count). The van der Waals surface area contributed by atoms with Crippen molar-refractivity contribution in [2.75, 3.05) is 20.0 Å². The minimum Gasteiger partial charge on any atom is -0.496 e. The van der Waals surface area contributed by atoms with Gasteiger partial charge in [-0.15, -0.1) is 0 Å². The summed E-state index contributed by atoms with van der Waals surface area (Å²) in [4.78, 5) is 0. The van der Waals surface area contributed by atoms with E-state index < -0.39 is 38.0 Å². The summed E-state index contributed by atoms with van der Waals surface area (Å²) in [7, 11) is -10.6. The molecule has 0 aromatic heterocycles. The van der Waals surface area contributed by atoms with Crippen molar-refractivity contribution in [2.24, 2.45) is 20.9 Å². The number of sulfonamides is 1. The van der Waals surface area contributed by atoms with Gasteiger partial charge in [0.25, 0.3) is 10.0 Å². The number of hydrogen-bond donors (Lipinski definition) is 0. The number of rotatable bonds is 14. The molecule has 11 heteroatoms. The Hall–Kier alpha value is -4.49. The molecule has 2 saturated carbocycles. The monoisotopic (exact) mass is 943 g/mol. The van der Waals surface area contributed by atoms with E-state index in [4.69, 9.17) is 18.1 Å². The molecule has 340 valence electrons. The van der Waals surface area contributed by atoms with Gasteiger partial charge in [0.2, 0.25) is 0 Å². The van der Waals surface area contributed by atoms with Crippen molar-refractivity contribution in [1.29, 1.82) is 0 Å². The predicted octanol–water partition coefficient (Wildman–Crippen LogP) is 11.0. The fraction of sp³-hybridized carbons (Fsp3) is 0.333. The van der Waals surface area contributed by atoms with Gasteiger partial charge in [-0.3, -0.25) is 0 Å². The Morgan fingerprint density at radius 2 is 1.08 bits per heavy atom. The summed E-state index contributed by atoms with van der Waals surface area (Å²) in [5.74, 6) is 1.15. The van der Waals surface area contributed by atoms with Crippen LogP contribution in [0.4, 0.5) is 0 Å². The molecule has 7 nitrogen and oxygen atoms in total. The molecule has 3 atom stereocenters. The summed E-state index contributed by atoms with van der Waals surface area (Å²) in [6, 6.07) is 50.2. The zero-order valence-electron chi connectivity index (χ0n) is 39.2. The maximum Gasteiger partial charge on any atom is 0.253 e. The van der Waals surface area contributed by atoms with Crippen molar-refractivity contribution in [3.8, 4) is 22.6 Å². The Morgan fingerprint density at radius 1 is 0.646 bits per heavy atom. The van der Waals surface area contributed by atoms with Crippen LogP contribution in [0.15, 0.2) is 162 Å². The molecule has 0 aliphatic heterocycles. The van der Waals surface area contributed by atoms with Gasteiger partial charge in [0.05, 0.1) is 33.1 Å². The molecule has 65 heavy (non-hydrogen) atoms. The lowest BCUT2D eigenvalue weighted by atomic mass is 9.70. The van der Waals surface area contributed by atoms with Crippen LogP contribution >= 0.6 is 14.2 Å². The number of fused-ring (bicyclic) bond motifs is 2. The van der Waals surface area contributed by atoms with Gasteiger partial charge in [0.1, 0.15) is 11.5 Å². The second kappa shape index (κ2) is 17.6. The summed E-state index contributed by atoms with van der Waals surface area (Å²) in [5.41, 5.74) is 0.185. The molecule has 0 radical (unpaired) electrons. The summed E-state index contributed by atoms with van der Waals surface area (Å²) in [6.45, 7) is 15.8. The molecular formula is C54H63NO6P2SSi. The molecule has 2 aliphatic carbocycles. The molecule has 2 bridgehead atoms. The minimum atomic E-state index is -4.28. The van der Waals surface area contributed by atoms with Gasteiger partial charge in [-0.2, -0.15) is 4.15 Å². The molecule has 2 aliphatic rings. The number of hydrogen-bond acceptors (Lipinski definition) is 6. The van der Waals surface area contributed by atoms with E-state index in [1.807, 2.05) is 158 Å². The third-order valence-electron chi connectivity index (χ3n) is 15.2. The topological polar surface area (TPSA) is 91.3 Å². The number of methoxy groups -OCH3 is 2. The second-order valence-electron chi connectivity index (χ2n) is 19.8. The molecule has 0 amide bonds. The summed E-state index contributed by atoms with van der Waals surface area (Å²) >= 11 is 0. The third kappa shape index (κ3) is 8.03. The Labute approximate surface area is 388 Å². The van der Waals surface area contributed by atoms with E-state index in [2.05, 4.69) is 47.7 Å². The lowest BCUT2D eigenvalue weighted by Gasteiger charge is -2.47. The Kier molecular flexibility index (Phi) is 12.7. The maximum atomic E-state index is 16.5. The number of nitrogens with zero attached hydrogens (tertiary/aromatic N) is 1. The van der Waals surface area contributed by atoms with E-state index in [9.17, 15) is 0 Å². The first-order chi connectivity index (χ1) is 30.9. The van der Waals surface area contributed by atoms with E-state index in [1.54, 1.807) is 14.2 Å².